The van der Waals surface area contributed by atoms with Crippen LogP contribution in [0.15, 0.2) is 42.0 Å². The molecule has 0 radical (unpaired) electrons. The van der Waals surface area contributed by atoms with Crippen molar-refractivity contribution in [3.63, 3.8) is 0 Å². The topological polar surface area (TPSA) is 27.7 Å². The summed E-state index contributed by atoms with van der Waals surface area (Å²) in [6, 6.07) is 10.3. The van der Waals surface area contributed by atoms with Crippen molar-refractivity contribution in [2.45, 2.75) is 58.5 Å². The SMILES string of the molecule is CC1(C)OC[C@H](C[C@]2(C)CCC=C2COCc2ccccc2)O1. The minimum atomic E-state index is -0.437. The Bertz CT molecular complexity index is 549. The molecule has 0 saturated carbocycles. The summed E-state index contributed by atoms with van der Waals surface area (Å²) >= 11 is 0. The number of hydrogen-bond donors (Lipinski definition) is 0. The smallest absolute Gasteiger partial charge is 0.163 e. The van der Waals surface area contributed by atoms with E-state index in [1.807, 2.05) is 19.9 Å². The Morgan fingerprint density at radius 3 is 2.61 bits per heavy atom. The summed E-state index contributed by atoms with van der Waals surface area (Å²) in [5.41, 5.74) is 2.81. The number of rotatable bonds is 6. The van der Waals surface area contributed by atoms with E-state index in [0.717, 1.165) is 12.8 Å². The molecule has 1 heterocycles. The standard InChI is InChI=1S/C20H28O3/c1-19(2)22-15-18(23-19)12-20(3)11-7-10-17(20)14-21-13-16-8-5-4-6-9-16/h4-6,8-10,18H,7,11-15H2,1-3H3/t18-,20-/m0/s1. The Hall–Kier alpha value is -1.16. The average Bonchev–Trinajstić information content (AvgIpc) is 3.03. The van der Waals surface area contributed by atoms with E-state index in [0.29, 0.717) is 19.8 Å². The minimum Gasteiger partial charge on any atom is -0.372 e. The first-order valence-electron chi connectivity index (χ1n) is 8.60. The molecule has 0 N–H and O–H groups in total. The molecule has 1 aromatic rings. The predicted molar refractivity (Wildman–Crippen MR) is 91.0 cm³/mol. The molecule has 0 bridgehead atoms. The fourth-order valence-corrected chi connectivity index (χ4v) is 3.66. The maximum atomic E-state index is 6.01. The molecule has 2 atom stereocenters. The summed E-state index contributed by atoms with van der Waals surface area (Å²) < 4.78 is 17.7. The summed E-state index contributed by atoms with van der Waals surface area (Å²) in [6.07, 6.45) is 5.86. The van der Waals surface area contributed by atoms with Gasteiger partial charge in [-0.3, -0.25) is 0 Å². The monoisotopic (exact) mass is 316 g/mol. The third-order valence-corrected chi connectivity index (χ3v) is 4.98. The van der Waals surface area contributed by atoms with Crippen molar-refractivity contribution in [3.8, 4) is 0 Å². The molecule has 1 aliphatic heterocycles. The first-order chi connectivity index (χ1) is 11.0. The highest BCUT2D eigenvalue weighted by Crippen LogP contribution is 2.44. The third kappa shape index (κ3) is 4.23. The van der Waals surface area contributed by atoms with Gasteiger partial charge in [-0.2, -0.15) is 0 Å². The minimum absolute atomic E-state index is 0.172. The van der Waals surface area contributed by atoms with Gasteiger partial charge < -0.3 is 14.2 Å². The Morgan fingerprint density at radius 1 is 1.13 bits per heavy atom. The van der Waals surface area contributed by atoms with Gasteiger partial charge in [-0.1, -0.05) is 43.3 Å². The maximum absolute atomic E-state index is 6.01. The van der Waals surface area contributed by atoms with Gasteiger partial charge >= 0.3 is 0 Å². The molecule has 1 saturated heterocycles. The van der Waals surface area contributed by atoms with E-state index in [1.54, 1.807) is 0 Å². The van der Waals surface area contributed by atoms with Crippen LogP contribution in [-0.2, 0) is 20.8 Å². The fraction of sp³-hybridized carbons (Fsp3) is 0.600. The van der Waals surface area contributed by atoms with E-state index in [-0.39, 0.29) is 11.5 Å². The molecule has 126 valence electrons. The highest BCUT2D eigenvalue weighted by atomic mass is 16.7. The molecule has 1 aliphatic carbocycles. The highest BCUT2D eigenvalue weighted by molar-refractivity contribution is 5.20. The van der Waals surface area contributed by atoms with Gasteiger partial charge in [-0.15, -0.1) is 0 Å². The van der Waals surface area contributed by atoms with Crippen molar-refractivity contribution in [1.29, 1.82) is 0 Å². The van der Waals surface area contributed by atoms with Crippen molar-refractivity contribution >= 4 is 0 Å². The van der Waals surface area contributed by atoms with E-state index in [9.17, 15) is 0 Å². The van der Waals surface area contributed by atoms with Gasteiger partial charge in [0.25, 0.3) is 0 Å². The molecule has 3 nitrogen and oxygen atoms in total. The van der Waals surface area contributed by atoms with Crippen LogP contribution in [0.5, 0.6) is 0 Å². The van der Waals surface area contributed by atoms with Crippen LogP contribution in [0.4, 0.5) is 0 Å². The molecular weight excluding hydrogens is 288 g/mol. The Balaban J connectivity index is 1.52. The van der Waals surface area contributed by atoms with Gasteiger partial charge in [-0.25, -0.2) is 0 Å². The van der Waals surface area contributed by atoms with Crippen LogP contribution in [0.25, 0.3) is 0 Å². The Morgan fingerprint density at radius 2 is 1.91 bits per heavy atom. The summed E-state index contributed by atoms with van der Waals surface area (Å²) in [6.45, 7) is 8.40. The molecule has 1 fully saturated rings. The fourth-order valence-electron chi connectivity index (χ4n) is 3.66. The summed E-state index contributed by atoms with van der Waals surface area (Å²) in [5, 5.41) is 0. The summed E-state index contributed by atoms with van der Waals surface area (Å²) in [4.78, 5) is 0. The molecule has 0 unspecified atom stereocenters. The average molecular weight is 316 g/mol. The number of benzene rings is 1. The number of hydrogen-bond acceptors (Lipinski definition) is 3. The molecule has 23 heavy (non-hydrogen) atoms. The van der Waals surface area contributed by atoms with Crippen LogP contribution in [0.1, 0.15) is 45.6 Å². The second kappa shape index (κ2) is 6.76. The molecule has 0 aromatic heterocycles. The molecule has 2 aliphatic rings. The van der Waals surface area contributed by atoms with Crippen LogP contribution in [-0.4, -0.2) is 25.1 Å². The van der Waals surface area contributed by atoms with E-state index in [4.69, 9.17) is 14.2 Å². The number of ether oxygens (including phenoxy) is 3. The van der Waals surface area contributed by atoms with Gasteiger partial charge in [0.15, 0.2) is 5.79 Å². The largest absolute Gasteiger partial charge is 0.372 e. The predicted octanol–water partition coefficient (Wildman–Crippen LogP) is 4.47. The molecule has 0 spiro atoms. The Kier molecular flexibility index (Phi) is 4.90. The van der Waals surface area contributed by atoms with Crippen LogP contribution in [0.2, 0.25) is 0 Å². The van der Waals surface area contributed by atoms with Gasteiger partial charge in [0.05, 0.1) is 25.9 Å². The Labute approximate surface area is 139 Å². The number of allylic oxidation sites excluding steroid dienone is 1. The van der Waals surface area contributed by atoms with Crippen molar-refractivity contribution in [2.24, 2.45) is 5.41 Å². The van der Waals surface area contributed by atoms with Crippen LogP contribution in [0.3, 0.4) is 0 Å². The second-order valence-electron chi connectivity index (χ2n) is 7.46. The van der Waals surface area contributed by atoms with E-state index >= 15 is 0 Å². The second-order valence-corrected chi connectivity index (χ2v) is 7.46. The lowest BCUT2D eigenvalue weighted by molar-refractivity contribution is -0.141. The van der Waals surface area contributed by atoms with Crippen molar-refractivity contribution in [1.82, 2.24) is 0 Å². The summed E-state index contributed by atoms with van der Waals surface area (Å²) in [7, 11) is 0. The van der Waals surface area contributed by atoms with Gasteiger partial charge in [0.1, 0.15) is 0 Å². The quantitative estimate of drug-likeness (QED) is 0.725. The van der Waals surface area contributed by atoms with E-state index in [2.05, 4.69) is 37.3 Å². The van der Waals surface area contributed by atoms with Gasteiger partial charge in [0.2, 0.25) is 0 Å². The zero-order valence-electron chi connectivity index (χ0n) is 14.5. The summed E-state index contributed by atoms with van der Waals surface area (Å²) in [5.74, 6) is -0.437. The zero-order valence-corrected chi connectivity index (χ0v) is 14.5. The first-order valence-corrected chi connectivity index (χ1v) is 8.60. The van der Waals surface area contributed by atoms with Crippen LogP contribution < -0.4 is 0 Å². The van der Waals surface area contributed by atoms with Crippen molar-refractivity contribution < 1.29 is 14.2 Å². The van der Waals surface area contributed by atoms with Crippen molar-refractivity contribution in [2.75, 3.05) is 13.2 Å². The lowest BCUT2D eigenvalue weighted by Gasteiger charge is -2.31. The van der Waals surface area contributed by atoms with E-state index < -0.39 is 5.79 Å². The lowest BCUT2D eigenvalue weighted by atomic mass is 9.78. The van der Waals surface area contributed by atoms with E-state index in [1.165, 1.54) is 17.6 Å². The van der Waals surface area contributed by atoms with Gasteiger partial charge in [0, 0.05) is 0 Å². The molecule has 3 heteroatoms. The van der Waals surface area contributed by atoms with Crippen LogP contribution >= 0.6 is 0 Å². The molecule has 0 amide bonds. The molecule has 1 aromatic carbocycles. The first kappa shape index (κ1) is 16.7. The van der Waals surface area contributed by atoms with Gasteiger partial charge in [-0.05, 0) is 49.7 Å². The lowest BCUT2D eigenvalue weighted by Crippen LogP contribution is -2.28. The maximum Gasteiger partial charge on any atom is 0.163 e. The third-order valence-electron chi connectivity index (χ3n) is 4.98. The normalized spacial score (nSPS) is 29.7. The van der Waals surface area contributed by atoms with Crippen molar-refractivity contribution in [3.05, 3.63) is 47.5 Å². The van der Waals surface area contributed by atoms with Crippen LogP contribution in [0, 0.1) is 5.41 Å². The zero-order chi connectivity index (χ0) is 16.3. The highest BCUT2D eigenvalue weighted by Gasteiger charge is 2.40. The molecular formula is C20H28O3. The molecule has 3 rings (SSSR count).